The van der Waals surface area contributed by atoms with Crippen molar-refractivity contribution in [1.82, 2.24) is 10.2 Å². The fourth-order valence-electron chi connectivity index (χ4n) is 3.85. The molecule has 2 amide bonds. The first-order chi connectivity index (χ1) is 13.1. The van der Waals surface area contributed by atoms with Gasteiger partial charge in [-0.2, -0.15) is 13.2 Å². The van der Waals surface area contributed by atoms with Crippen LogP contribution in [0.5, 0.6) is 0 Å². The second kappa shape index (κ2) is 7.89. The summed E-state index contributed by atoms with van der Waals surface area (Å²) in [4.78, 5) is 36.3. The van der Waals surface area contributed by atoms with E-state index in [-0.39, 0.29) is 17.8 Å². The maximum absolute atomic E-state index is 13.0. The Bertz CT molecular complexity index is 755. The molecule has 1 saturated heterocycles. The molecule has 1 heterocycles. The minimum absolute atomic E-state index is 0.205. The number of ketones is 1. The first-order valence-electron chi connectivity index (χ1n) is 9.10. The Hall–Kier alpha value is -2.45. The summed E-state index contributed by atoms with van der Waals surface area (Å²) in [5, 5.41) is 2.70. The number of amides is 2. The van der Waals surface area contributed by atoms with Crippen LogP contribution in [0.25, 0.3) is 0 Å². The summed E-state index contributed by atoms with van der Waals surface area (Å²) in [5.41, 5.74) is 1.02. The van der Waals surface area contributed by atoms with Crippen LogP contribution >= 0.6 is 0 Å². The molecule has 3 rings (SSSR count). The highest BCUT2D eigenvalue weighted by atomic mass is 19.4. The summed E-state index contributed by atoms with van der Waals surface area (Å²) < 4.78 is 50.5. The van der Waals surface area contributed by atoms with Gasteiger partial charge in [0, 0.05) is 12.6 Å². The van der Waals surface area contributed by atoms with Gasteiger partial charge in [-0.15, -0.1) is 0 Å². The van der Waals surface area contributed by atoms with E-state index in [9.17, 15) is 31.9 Å². The molecule has 0 spiro atoms. The third-order valence-corrected chi connectivity index (χ3v) is 5.32. The zero-order valence-electron chi connectivity index (χ0n) is 15.0. The van der Waals surface area contributed by atoms with Crippen LogP contribution in [0, 0.1) is 11.7 Å². The molecule has 5 nitrogen and oxygen atoms in total. The third kappa shape index (κ3) is 4.69. The van der Waals surface area contributed by atoms with Crippen LogP contribution in [0.1, 0.15) is 37.2 Å². The number of likely N-dealkylation sites (tertiary alicyclic amines) is 1. The quantitative estimate of drug-likeness (QED) is 0.480. The number of nitrogens with zero attached hydrogens (tertiary/aromatic N) is 1. The van der Waals surface area contributed by atoms with Crippen molar-refractivity contribution in [3.05, 3.63) is 35.6 Å². The predicted molar refractivity (Wildman–Crippen MR) is 90.7 cm³/mol. The topological polar surface area (TPSA) is 66.5 Å². The van der Waals surface area contributed by atoms with E-state index in [1.54, 1.807) is 12.1 Å². The second-order valence-corrected chi connectivity index (χ2v) is 7.33. The number of hydrogen-bond acceptors (Lipinski definition) is 3. The fourth-order valence-corrected chi connectivity index (χ4v) is 3.85. The van der Waals surface area contributed by atoms with E-state index >= 15 is 0 Å². The van der Waals surface area contributed by atoms with Gasteiger partial charge in [-0.1, -0.05) is 12.1 Å². The summed E-state index contributed by atoms with van der Waals surface area (Å²) in [5.74, 6) is -4.53. The van der Waals surface area contributed by atoms with Crippen molar-refractivity contribution in [2.45, 2.75) is 43.8 Å². The number of halogens is 4. The summed E-state index contributed by atoms with van der Waals surface area (Å²) >= 11 is 0. The molecule has 152 valence electrons. The molecule has 9 heteroatoms. The molecule has 1 saturated carbocycles. The lowest BCUT2D eigenvalue weighted by molar-refractivity contribution is -0.159. The molecule has 0 aromatic heterocycles. The lowest BCUT2D eigenvalue weighted by atomic mass is 9.81. The standard InChI is InChI=1S/C19H20F4N2O3/c20-13-5-1-11(2-6-13)12-3-7-14(8-4-12)24-17(27)15-9-25(10-19(21,22)23)18(28)16(15)26/h1-2,5-6,12,14-15H,3-4,7-10H2,(H,24,27). The molecule has 0 bridgehead atoms. The highest BCUT2D eigenvalue weighted by Crippen LogP contribution is 2.33. The Kier molecular flexibility index (Phi) is 5.71. The smallest absolute Gasteiger partial charge is 0.353 e. The van der Waals surface area contributed by atoms with Crippen molar-refractivity contribution in [1.29, 1.82) is 0 Å². The van der Waals surface area contributed by atoms with Gasteiger partial charge in [0.15, 0.2) is 0 Å². The Morgan fingerprint density at radius 1 is 1.07 bits per heavy atom. The molecule has 1 aromatic carbocycles. The van der Waals surface area contributed by atoms with Crippen LogP contribution in [0.2, 0.25) is 0 Å². The van der Waals surface area contributed by atoms with Crippen LogP contribution in [0.3, 0.4) is 0 Å². The molecule has 1 aromatic rings. The molecule has 1 N–H and O–H groups in total. The number of rotatable bonds is 4. The van der Waals surface area contributed by atoms with E-state index in [0.717, 1.165) is 18.4 Å². The highest BCUT2D eigenvalue weighted by Gasteiger charge is 2.47. The van der Waals surface area contributed by atoms with E-state index in [0.29, 0.717) is 17.7 Å². The number of carbonyl (C=O) groups excluding carboxylic acids is 3. The zero-order valence-corrected chi connectivity index (χ0v) is 15.0. The average Bonchev–Trinajstić information content (AvgIpc) is 2.90. The number of nitrogens with one attached hydrogen (secondary N) is 1. The summed E-state index contributed by atoms with van der Waals surface area (Å²) in [6, 6.07) is 6.06. The third-order valence-electron chi connectivity index (χ3n) is 5.32. The number of benzene rings is 1. The number of Topliss-reactive ketones (excluding diaryl/α,β-unsaturated/α-hetero) is 1. The number of carbonyl (C=O) groups is 3. The lowest BCUT2D eigenvalue weighted by Crippen LogP contribution is -2.43. The van der Waals surface area contributed by atoms with Gasteiger partial charge in [0.05, 0.1) is 0 Å². The van der Waals surface area contributed by atoms with Crippen molar-refractivity contribution in [3.63, 3.8) is 0 Å². The van der Waals surface area contributed by atoms with Gasteiger partial charge in [0.2, 0.25) is 11.7 Å². The largest absolute Gasteiger partial charge is 0.406 e. The van der Waals surface area contributed by atoms with E-state index in [1.165, 1.54) is 12.1 Å². The molecular weight excluding hydrogens is 380 g/mol. The molecule has 0 radical (unpaired) electrons. The molecule has 1 aliphatic carbocycles. The zero-order chi connectivity index (χ0) is 20.5. The van der Waals surface area contributed by atoms with Crippen LogP contribution in [0.15, 0.2) is 24.3 Å². The molecule has 2 fully saturated rings. The second-order valence-electron chi connectivity index (χ2n) is 7.33. The molecule has 2 aliphatic rings. The average molecular weight is 400 g/mol. The maximum Gasteiger partial charge on any atom is 0.406 e. The van der Waals surface area contributed by atoms with Crippen LogP contribution in [0.4, 0.5) is 17.6 Å². The van der Waals surface area contributed by atoms with Gasteiger partial charge in [-0.3, -0.25) is 14.4 Å². The first kappa shape index (κ1) is 20.3. The van der Waals surface area contributed by atoms with Crippen LogP contribution < -0.4 is 5.32 Å². The molecule has 1 aliphatic heterocycles. The Morgan fingerprint density at radius 3 is 2.25 bits per heavy atom. The SMILES string of the molecule is O=C(NC1CCC(c2ccc(F)cc2)CC1)C1CN(CC(F)(F)F)C(=O)C1=O. The van der Waals surface area contributed by atoms with Crippen molar-refractivity contribution >= 4 is 17.6 Å². The van der Waals surface area contributed by atoms with Crippen molar-refractivity contribution in [2.24, 2.45) is 5.92 Å². The van der Waals surface area contributed by atoms with Gasteiger partial charge in [-0.05, 0) is 49.3 Å². The Balaban J connectivity index is 1.52. The fraction of sp³-hybridized carbons (Fsp3) is 0.526. The van der Waals surface area contributed by atoms with Crippen molar-refractivity contribution in [3.8, 4) is 0 Å². The van der Waals surface area contributed by atoms with E-state index in [4.69, 9.17) is 0 Å². The van der Waals surface area contributed by atoms with Crippen LogP contribution in [-0.2, 0) is 14.4 Å². The molecule has 28 heavy (non-hydrogen) atoms. The van der Waals surface area contributed by atoms with Crippen LogP contribution in [-0.4, -0.2) is 47.8 Å². The van der Waals surface area contributed by atoms with Gasteiger partial charge >= 0.3 is 6.18 Å². The lowest BCUT2D eigenvalue weighted by Gasteiger charge is -2.30. The number of alkyl halides is 3. The Morgan fingerprint density at radius 2 is 1.68 bits per heavy atom. The molecular formula is C19H20F4N2O3. The Labute approximate surface area is 159 Å². The van der Waals surface area contributed by atoms with Gasteiger partial charge in [0.1, 0.15) is 18.3 Å². The van der Waals surface area contributed by atoms with Crippen molar-refractivity contribution in [2.75, 3.05) is 13.1 Å². The normalized spacial score (nSPS) is 25.9. The van der Waals surface area contributed by atoms with E-state index < -0.39 is 42.8 Å². The summed E-state index contributed by atoms with van der Waals surface area (Å²) in [6.07, 6.45) is -1.84. The monoisotopic (exact) mass is 400 g/mol. The summed E-state index contributed by atoms with van der Waals surface area (Å²) in [6.45, 7) is -2.09. The van der Waals surface area contributed by atoms with Gasteiger partial charge in [-0.25, -0.2) is 4.39 Å². The maximum atomic E-state index is 13.0. The number of hydrogen-bond donors (Lipinski definition) is 1. The molecule has 1 atom stereocenters. The minimum Gasteiger partial charge on any atom is -0.353 e. The van der Waals surface area contributed by atoms with E-state index in [1.807, 2.05) is 0 Å². The summed E-state index contributed by atoms with van der Waals surface area (Å²) in [7, 11) is 0. The van der Waals surface area contributed by atoms with Crippen molar-refractivity contribution < 1.29 is 31.9 Å². The minimum atomic E-state index is -4.62. The van der Waals surface area contributed by atoms with Gasteiger partial charge in [0.25, 0.3) is 5.91 Å². The van der Waals surface area contributed by atoms with E-state index in [2.05, 4.69) is 5.32 Å². The molecule has 1 unspecified atom stereocenters. The van der Waals surface area contributed by atoms with Gasteiger partial charge < -0.3 is 10.2 Å². The highest BCUT2D eigenvalue weighted by molar-refractivity contribution is 6.42. The predicted octanol–water partition coefficient (Wildman–Crippen LogP) is 2.56. The first-order valence-corrected chi connectivity index (χ1v) is 9.10.